The third kappa shape index (κ3) is 5.15. The van der Waals surface area contributed by atoms with Crippen LogP contribution in [0.3, 0.4) is 0 Å². The zero-order valence-corrected chi connectivity index (χ0v) is 23.6. The largest absolute Gasteiger partial charge is 0.459 e. The van der Waals surface area contributed by atoms with E-state index in [0.29, 0.717) is 19.3 Å². The molecule has 2 aliphatic rings. The molecule has 11 heteroatoms. The molecule has 1 aliphatic carbocycles. The van der Waals surface area contributed by atoms with Gasteiger partial charge in [0.25, 0.3) is 0 Å². The molecule has 0 amide bonds. The minimum absolute atomic E-state index is 0.0271. The van der Waals surface area contributed by atoms with Crippen LogP contribution in [-0.2, 0) is 14.9 Å². The summed E-state index contributed by atoms with van der Waals surface area (Å²) >= 11 is 21.4. The summed E-state index contributed by atoms with van der Waals surface area (Å²) in [5, 5.41) is -0.470. The fraction of sp³-hybridized carbons (Fsp3) is 0.462. The van der Waals surface area contributed by atoms with E-state index >= 15 is 13.2 Å². The molecule has 2 aromatic rings. The van der Waals surface area contributed by atoms with Gasteiger partial charge in [-0.1, -0.05) is 54.2 Å². The van der Waals surface area contributed by atoms with Crippen molar-refractivity contribution in [2.75, 3.05) is 6.54 Å². The molecule has 2 atom stereocenters. The molecule has 37 heavy (non-hydrogen) atoms. The van der Waals surface area contributed by atoms with Crippen LogP contribution in [0.4, 0.5) is 17.6 Å². The lowest BCUT2D eigenvalue weighted by Crippen LogP contribution is -2.54. The molecular formula is C26H23BrCl3F4NO2. The van der Waals surface area contributed by atoms with E-state index in [4.69, 9.17) is 39.5 Å². The minimum Gasteiger partial charge on any atom is -0.459 e. The third-order valence-corrected chi connectivity index (χ3v) is 9.25. The molecule has 0 aromatic heterocycles. The number of halogens is 8. The SMILES string of the molecule is CCC1(OC(=O)C2C(c3ccc(F)c(Br)c3)=NCC2(c2cc(Cl)c(Cl)c(Cl)c2)C(F)(F)F)CCCCC1. The van der Waals surface area contributed by atoms with Gasteiger partial charge in [0.1, 0.15) is 22.8 Å². The lowest BCUT2D eigenvalue weighted by molar-refractivity contribution is -0.207. The molecule has 1 fully saturated rings. The first-order valence-corrected chi connectivity index (χ1v) is 13.7. The van der Waals surface area contributed by atoms with E-state index in [-0.39, 0.29) is 36.4 Å². The van der Waals surface area contributed by atoms with Crippen molar-refractivity contribution < 1.29 is 27.1 Å². The van der Waals surface area contributed by atoms with Crippen LogP contribution in [0.5, 0.6) is 0 Å². The Morgan fingerprint density at radius 2 is 1.73 bits per heavy atom. The van der Waals surface area contributed by atoms with Crippen LogP contribution in [0.15, 0.2) is 39.8 Å². The van der Waals surface area contributed by atoms with Gasteiger partial charge in [0.15, 0.2) is 0 Å². The number of rotatable bonds is 5. The van der Waals surface area contributed by atoms with Gasteiger partial charge in [-0.25, -0.2) is 4.39 Å². The number of aliphatic imine (C=N–C) groups is 1. The van der Waals surface area contributed by atoms with E-state index in [1.54, 1.807) is 0 Å². The van der Waals surface area contributed by atoms with Crippen molar-refractivity contribution in [2.24, 2.45) is 10.9 Å². The highest BCUT2D eigenvalue weighted by Gasteiger charge is 2.67. The van der Waals surface area contributed by atoms with Gasteiger partial charge in [0.05, 0.1) is 31.8 Å². The van der Waals surface area contributed by atoms with Crippen LogP contribution in [0.2, 0.25) is 15.1 Å². The number of alkyl halides is 3. The lowest BCUT2D eigenvalue weighted by atomic mass is 9.68. The fourth-order valence-electron chi connectivity index (χ4n) is 5.34. The van der Waals surface area contributed by atoms with Crippen LogP contribution in [0.25, 0.3) is 0 Å². The number of nitrogens with zero attached hydrogens (tertiary/aromatic N) is 1. The summed E-state index contributed by atoms with van der Waals surface area (Å²) in [5.41, 5.74) is -4.02. The molecular weight excluding hydrogens is 621 g/mol. The predicted octanol–water partition coefficient (Wildman–Crippen LogP) is 9.12. The summed E-state index contributed by atoms with van der Waals surface area (Å²) in [6.07, 6.45) is -0.784. The molecule has 1 heterocycles. The summed E-state index contributed by atoms with van der Waals surface area (Å²) in [6, 6.07) is 5.84. The molecule has 0 radical (unpaired) electrons. The van der Waals surface area contributed by atoms with Crippen LogP contribution in [0.1, 0.15) is 56.6 Å². The summed E-state index contributed by atoms with van der Waals surface area (Å²) in [7, 11) is 0. The van der Waals surface area contributed by atoms with Gasteiger partial charge in [-0.15, -0.1) is 0 Å². The molecule has 0 saturated heterocycles. The second kappa shape index (κ2) is 10.7. The summed E-state index contributed by atoms with van der Waals surface area (Å²) < 4.78 is 65.6. The van der Waals surface area contributed by atoms with Gasteiger partial charge in [-0.3, -0.25) is 9.79 Å². The molecule has 0 bridgehead atoms. The Morgan fingerprint density at radius 1 is 1.11 bits per heavy atom. The summed E-state index contributed by atoms with van der Waals surface area (Å²) in [4.78, 5) is 18.1. The van der Waals surface area contributed by atoms with E-state index < -0.39 is 41.4 Å². The molecule has 3 nitrogen and oxygen atoms in total. The zero-order valence-electron chi connectivity index (χ0n) is 19.7. The highest BCUT2D eigenvalue weighted by atomic mass is 79.9. The Bertz CT molecular complexity index is 1220. The van der Waals surface area contributed by atoms with E-state index in [1.165, 1.54) is 12.1 Å². The summed E-state index contributed by atoms with van der Waals surface area (Å²) in [6.45, 7) is 1.04. The molecule has 200 valence electrons. The number of hydrogen-bond donors (Lipinski definition) is 0. The maximum Gasteiger partial charge on any atom is 0.401 e. The Kier molecular flexibility index (Phi) is 8.26. The quantitative estimate of drug-likeness (QED) is 0.185. The highest BCUT2D eigenvalue weighted by Crippen LogP contribution is 2.54. The first kappa shape index (κ1) is 28.7. The second-order valence-corrected chi connectivity index (χ2v) is 11.6. The molecule has 0 spiro atoms. The molecule has 1 aliphatic heterocycles. The number of carbonyl (C=O) groups is 1. The van der Waals surface area contributed by atoms with Crippen molar-refractivity contribution in [3.05, 3.63) is 66.8 Å². The summed E-state index contributed by atoms with van der Waals surface area (Å²) in [5.74, 6) is -3.53. The van der Waals surface area contributed by atoms with Crippen molar-refractivity contribution in [2.45, 2.75) is 62.6 Å². The van der Waals surface area contributed by atoms with E-state index in [9.17, 15) is 9.18 Å². The van der Waals surface area contributed by atoms with Gasteiger partial charge < -0.3 is 4.74 Å². The van der Waals surface area contributed by atoms with E-state index in [1.807, 2.05) is 6.92 Å². The Hall–Kier alpha value is -1.35. The van der Waals surface area contributed by atoms with Gasteiger partial charge >= 0.3 is 12.1 Å². The predicted molar refractivity (Wildman–Crippen MR) is 140 cm³/mol. The Balaban J connectivity index is 1.91. The number of hydrogen-bond acceptors (Lipinski definition) is 3. The van der Waals surface area contributed by atoms with Crippen LogP contribution >= 0.6 is 50.7 Å². The van der Waals surface area contributed by atoms with E-state index in [2.05, 4.69) is 20.9 Å². The average Bonchev–Trinajstić information content (AvgIpc) is 3.27. The lowest BCUT2D eigenvalue weighted by Gasteiger charge is -2.41. The highest BCUT2D eigenvalue weighted by molar-refractivity contribution is 9.10. The van der Waals surface area contributed by atoms with Gasteiger partial charge in [-0.05, 0) is 83.4 Å². The maximum absolute atomic E-state index is 15.2. The van der Waals surface area contributed by atoms with Crippen molar-refractivity contribution in [3.63, 3.8) is 0 Å². The van der Waals surface area contributed by atoms with Gasteiger partial charge in [-0.2, -0.15) is 13.2 Å². The van der Waals surface area contributed by atoms with Crippen LogP contribution in [0, 0.1) is 11.7 Å². The number of carbonyl (C=O) groups excluding carboxylic acids is 1. The van der Waals surface area contributed by atoms with Crippen molar-refractivity contribution in [3.8, 4) is 0 Å². The molecule has 2 aromatic carbocycles. The topological polar surface area (TPSA) is 38.7 Å². The standard InChI is InChI=1S/C26H23BrCl3F4NO2/c1-2-24(8-4-3-5-9-24)37-23(36)20-22(14-6-7-19(31)16(27)10-14)35-13-25(20,26(32,33)34)15-11-17(28)21(30)18(29)12-15/h6-7,10-12,20H,2-5,8-9,13H2,1H3. The van der Waals surface area contributed by atoms with E-state index in [0.717, 1.165) is 37.5 Å². The normalized spacial score (nSPS) is 23.6. The third-order valence-electron chi connectivity index (χ3n) is 7.45. The van der Waals surface area contributed by atoms with Crippen molar-refractivity contribution in [1.82, 2.24) is 0 Å². The van der Waals surface area contributed by atoms with Crippen molar-refractivity contribution in [1.29, 1.82) is 0 Å². The van der Waals surface area contributed by atoms with Crippen LogP contribution in [-0.4, -0.2) is 30.0 Å². The fourth-order valence-corrected chi connectivity index (χ4v) is 6.31. The number of ether oxygens (including phenoxy) is 1. The Morgan fingerprint density at radius 3 is 2.27 bits per heavy atom. The maximum atomic E-state index is 15.2. The smallest absolute Gasteiger partial charge is 0.401 e. The first-order chi connectivity index (χ1) is 17.3. The molecule has 2 unspecified atom stereocenters. The van der Waals surface area contributed by atoms with Crippen molar-refractivity contribution >= 4 is 62.4 Å². The van der Waals surface area contributed by atoms with Gasteiger partial charge in [0.2, 0.25) is 0 Å². The number of esters is 1. The minimum atomic E-state index is -4.97. The Labute approximate surface area is 235 Å². The second-order valence-electron chi connectivity index (χ2n) is 9.50. The molecule has 0 N–H and O–H groups in total. The average molecular weight is 644 g/mol. The van der Waals surface area contributed by atoms with Gasteiger partial charge in [0, 0.05) is 0 Å². The molecule has 4 rings (SSSR count). The molecule has 1 saturated carbocycles. The number of benzene rings is 2. The monoisotopic (exact) mass is 641 g/mol. The first-order valence-electron chi connectivity index (χ1n) is 11.8. The zero-order chi connectivity index (χ0) is 27.2. The van der Waals surface area contributed by atoms with Crippen LogP contribution < -0.4 is 0 Å².